The molecular weight excluding hydrogens is 452 g/mol. The van der Waals surface area contributed by atoms with Crippen molar-refractivity contribution in [2.24, 2.45) is 55.2 Å². The van der Waals surface area contributed by atoms with Crippen LogP contribution in [0.1, 0.15) is 95.9 Å². The molecule has 5 nitrogen and oxygen atoms in total. The second kappa shape index (κ2) is 7.18. The number of carbonyl (C=O) groups is 2. The molecule has 10 unspecified atom stereocenters. The van der Waals surface area contributed by atoms with Crippen molar-refractivity contribution in [3.63, 3.8) is 0 Å². The van der Waals surface area contributed by atoms with Crippen molar-refractivity contribution in [1.29, 1.82) is 0 Å². The highest BCUT2D eigenvalue weighted by Gasteiger charge is 2.83. The molecule has 204 valence electrons. The van der Waals surface area contributed by atoms with E-state index in [0.29, 0.717) is 25.0 Å². The van der Waals surface area contributed by atoms with Crippen LogP contribution in [0.25, 0.3) is 0 Å². The minimum Gasteiger partial charge on any atom is -0.465 e. The summed E-state index contributed by atoms with van der Waals surface area (Å²) in [5.41, 5.74) is 2.66. The van der Waals surface area contributed by atoms with Gasteiger partial charge in [-0.15, -0.1) is 0 Å². The third-order valence-electron chi connectivity index (χ3n) is 15.2. The van der Waals surface area contributed by atoms with Gasteiger partial charge in [0.05, 0.1) is 24.0 Å². The first-order valence-corrected chi connectivity index (χ1v) is 13.8. The Balaban J connectivity index is 0.000000158. The Hall–Kier alpha value is -1.36. The average molecular weight is 503 g/mol. The minimum atomic E-state index is -0.349. The predicted molar refractivity (Wildman–Crippen MR) is 141 cm³/mol. The van der Waals surface area contributed by atoms with E-state index < -0.39 is 0 Å². The van der Waals surface area contributed by atoms with E-state index in [1.807, 2.05) is 0 Å². The molecule has 2 heterocycles. The third-order valence-corrected chi connectivity index (χ3v) is 15.2. The van der Waals surface area contributed by atoms with Crippen molar-refractivity contribution < 1.29 is 24.2 Å². The molecule has 6 aliphatic rings. The van der Waals surface area contributed by atoms with Crippen LogP contribution in [0.15, 0.2) is 11.1 Å². The van der Waals surface area contributed by atoms with E-state index >= 15 is 0 Å². The number of hydrogen-bond donors (Lipinski definition) is 1. The van der Waals surface area contributed by atoms with Crippen LogP contribution in [0.5, 0.6) is 0 Å². The van der Waals surface area contributed by atoms with Crippen LogP contribution in [0.4, 0.5) is 0 Å². The zero-order chi connectivity index (χ0) is 27.7. The summed E-state index contributed by atoms with van der Waals surface area (Å²) in [4.78, 5) is 24.7. The van der Waals surface area contributed by atoms with Gasteiger partial charge in [-0.05, 0) is 68.6 Å². The van der Waals surface area contributed by atoms with Crippen molar-refractivity contribution in [2.45, 2.75) is 95.9 Å². The quantitative estimate of drug-likeness (QED) is 0.316. The molecule has 3 saturated carbocycles. The van der Waals surface area contributed by atoms with E-state index in [-0.39, 0.29) is 55.3 Å². The minimum absolute atomic E-state index is 0.0117. The summed E-state index contributed by atoms with van der Waals surface area (Å²) in [6, 6.07) is 0. The highest BCUT2D eigenvalue weighted by atomic mass is 16.5. The number of allylic oxidation sites excluding steroid dienone is 2. The molecule has 0 spiro atoms. The third kappa shape index (κ3) is 2.25. The summed E-state index contributed by atoms with van der Waals surface area (Å²) in [6.07, 6.45) is 2.27. The monoisotopic (exact) mass is 502 g/mol. The molecule has 5 fully saturated rings. The van der Waals surface area contributed by atoms with Gasteiger partial charge >= 0.3 is 11.9 Å². The molecule has 4 aliphatic carbocycles. The first kappa shape index (κ1) is 27.7. The summed E-state index contributed by atoms with van der Waals surface area (Å²) in [5, 5.41) is 7.00. The van der Waals surface area contributed by atoms with Crippen LogP contribution in [0, 0.1) is 55.2 Å². The van der Waals surface area contributed by atoms with E-state index in [2.05, 4.69) is 83.1 Å². The summed E-state index contributed by atoms with van der Waals surface area (Å²) >= 11 is 0. The lowest BCUT2D eigenvalue weighted by Crippen LogP contribution is -2.56. The van der Waals surface area contributed by atoms with Crippen molar-refractivity contribution in [2.75, 3.05) is 20.3 Å². The van der Waals surface area contributed by atoms with Crippen molar-refractivity contribution >= 4 is 11.9 Å². The summed E-state index contributed by atoms with van der Waals surface area (Å²) < 4.78 is 11.0. The maximum Gasteiger partial charge on any atom is 0.313 e. The Labute approximate surface area is 218 Å². The fourth-order valence-corrected chi connectivity index (χ4v) is 11.1. The van der Waals surface area contributed by atoms with Gasteiger partial charge in [-0.2, -0.15) is 0 Å². The van der Waals surface area contributed by atoms with Gasteiger partial charge < -0.3 is 14.6 Å². The van der Waals surface area contributed by atoms with Gasteiger partial charge in [-0.1, -0.05) is 66.5 Å². The molecule has 4 bridgehead atoms. The molecule has 10 atom stereocenters. The molecule has 6 rings (SSSR count). The lowest BCUT2D eigenvalue weighted by atomic mass is 9.46. The lowest BCUT2D eigenvalue weighted by molar-refractivity contribution is -0.158. The molecule has 36 heavy (non-hydrogen) atoms. The van der Waals surface area contributed by atoms with Gasteiger partial charge in [0, 0.05) is 23.4 Å². The number of aliphatic hydroxyl groups excluding tert-OH is 1. The Bertz CT molecular complexity index is 1060. The number of ether oxygens (including phenoxy) is 2. The number of fused-ring (bicyclic) bond motifs is 10. The van der Waals surface area contributed by atoms with Crippen LogP contribution >= 0.6 is 0 Å². The van der Waals surface area contributed by atoms with Gasteiger partial charge in [0.25, 0.3) is 0 Å². The summed E-state index contributed by atoms with van der Waals surface area (Å²) in [7, 11) is 1.00. The Morgan fingerprint density at radius 1 is 0.639 bits per heavy atom. The topological polar surface area (TPSA) is 72.8 Å². The highest BCUT2D eigenvalue weighted by molar-refractivity contribution is 5.84. The number of aliphatic hydroxyl groups is 1. The average Bonchev–Trinajstić information content (AvgIpc) is 3.46. The van der Waals surface area contributed by atoms with Gasteiger partial charge in [-0.3, -0.25) is 9.59 Å². The summed E-state index contributed by atoms with van der Waals surface area (Å²) in [5.74, 6) is 1.32. The molecule has 0 aromatic carbocycles. The van der Waals surface area contributed by atoms with Crippen LogP contribution in [0.2, 0.25) is 0 Å². The molecule has 0 aromatic heterocycles. The number of carbonyl (C=O) groups excluding carboxylic acids is 2. The maximum atomic E-state index is 12.4. The predicted octanol–water partition coefficient (Wildman–Crippen LogP) is 6.19. The second-order valence-electron chi connectivity index (χ2n) is 14.7. The molecule has 5 heteroatoms. The second-order valence-corrected chi connectivity index (χ2v) is 14.7. The Morgan fingerprint density at radius 2 is 1.06 bits per heavy atom. The lowest BCUT2D eigenvalue weighted by Gasteiger charge is -2.54. The first-order valence-electron chi connectivity index (χ1n) is 13.8. The SMILES string of the molecule is CC1=C(C)C2(C)CC1(C)C1(C)COC(=O)C21C.CC1C(C)C2(C)CC1(C)C1(C)COC(=O)C21C.CO. The first-order chi connectivity index (χ1) is 16.3. The van der Waals surface area contributed by atoms with E-state index in [4.69, 9.17) is 14.6 Å². The molecule has 0 radical (unpaired) electrons. The van der Waals surface area contributed by atoms with Crippen LogP contribution in [0.3, 0.4) is 0 Å². The van der Waals surface area contributed by atoms with Gasteiger partial charge in [-0.25, -0.2) is 0 Å². The standard InChI is InChI=1S/C15H24O2.C15H22O2.CH4O/c2*1-9-10(2)13(4)7-12(9,3)14(5)8-17-11(16)15(13,14)6;1-2/h9-10H,7-8H2,1-6H3;7-8H2,1-6H3;2H,1H3. The van der Waals surface area contributed by atoms with Crippen LogP contribution < -0.4 is 0 Å². The highest BCUT2D eigenvalue weighted by Crippen LogP contribution is 2.83. The van der Waals surface area contributed by atoms with Crippen molar-refractivity contribution in [1.82, 2.24) is 0 Å². The molecule has 2 aliphatic heterocycles. The van der Waals surface area contributed by atoms with E-state index in [9.17, 15) is 9.59 Å². The van der Waals surface area contributed by atoms with Gasteiger partial charge in [0.1, 0.15) is 0 Å². The van der Waals surface area contributed by atoms with E-state index in [1.165, 1.54) is 17.6 Å². The number of rotatable bonds is 0. The Kier molecular flexibility index (Phi) is 5.52. The van der Waals surface area contributed by atoms with Crippen LogP contribution in [-0.2, 0) is 19.1 Å². The van der Waals surface area contributed by atoms with E-state index in [1.54, 1.807) is 0 Å². The molecule has 0 aromatic rings. The zero-order valence-corrected chi connectivity index (χ0v) is 25.1. The fraction of sp³-hybridized carbons (Fsp3) is 0.871. The number of esters is 2. The smallest absolute Gasteiger partial charge is 0.313 e. The molecule has 2 saturated heterocycles. The van der Waals surface area contributed by atoms with Crippen LogP contribution in [-0.4, -0.2) is 37.4 Å². The van der Waals surface area contributed by atoms with Gasteiger partial charge in [0.2, 0.25) is 0 Å². The maximum absolute atomic E-state index is 12.4. The van der Waals surface area contributed by atoms with Crippen molar-refractivity contribution in [3.8, 4) is 0 Å². The number of cyclic esters (lactones) is 2. The summed E-state index contributed by atoms with van der Waals surface area (Å²) in [6.45, 7) is 28.4. The van der Waals surface area contributed by atoms with E-state index in [0.717, 1.165) is 13.5 Å². The normalized spacial score (nSPS) is 57.5. The largest absolute Gasteiger partial charge is 0.465 e. The molecular formula is C31H50O5. The van der Waals surface area contributed by atoms with Crippen molar-refractivity contribution in [3.05, 3.63) is 11.1 Å². The van der Waals surface area contributed by atoms with Gasteiger partial charge in [0.15, 0.2) is 0 Å². The number of hydrogen-bond acceptors (Lipinski definition) is 5. The Morgan fingerprint density at radius 3 is 1.58 bits per heavy atom. The molecule has 0 amide bonds. The fourth-order valence-electron chi connectivity index (χ4n) is 11.1. The molecule has 1 N–H and O–H groups in total. The zero-order valence-electron chi connectivity index (χ0n) is 25.1.